The number of amides is 1. The number of nitrogens with zero attached hydrogens (tertiary/aromatic N) is 1. The van der Waals surface area contributed by atoms with Gasteiger partial charge in [0.25, 0.3) is 11.6 Å². The van der Waals surface area contributed by atoms with Crippen LogP contribution in [0.4, 0.5) is 17.1 Å². The molecule has 3 rings (SSSR count). The predicted octanol–water partition coefficient (Wildman–Crippen LogP) is 3.21. The van der Waals surface area contributed by atoms with Gasteiger partial charge in [0.1, 0.15) is 5.69 Å². The Labute approximate surface area is 149 Å². The van der Waals surface area contributed by atoms with Crippen molar-refractivity contribution in [1.29, 1.82) is 0 Å². The molecule has 1 amide bonds. The van der Waals surface area contributed by atoms with Crippen LogP contribution in [-0.2, 0) is 4.74 Å². The zero-order chi connectivity index (χ0) is 18.7. The number of nitrogens with one attached hydrogen (secondary N) is 2. The van der Waals surface area contributed by atoms with E-state index in [0.717, 1.165) is 12.8 Å². The summed E-state index contributed by atoms with van der Waals surface area (Å²) < 4.78 is 4.61. The van der Waals surface area contributed by atoms with Gasteiger partial charge in [0.15, 0.2) is 0 Å². The zero-order valence-corrected chi connectivity index (χ0v) is 14.0. The molecule has 8 nitrogen and oxygen atoms in total. The summed E-state index contributed by atoms with van der Waals surface area (Å²) in [5.41, 5.74) is 1.28. The molecule has 26 heavy (non-hydrogen) atoms. The van der Waals surface area contributed by atoms with Crippen molar-refractivity contribution in [3.05, 3.63) is 63.7 Å². The third-order valence-corrected chi connectivity index (χ3v) is 3.96. The molecule has 0 saturated heterocycles. The average Bonchev–Trinajstić information content (AvgIpc) is 3.45. The molecule has 0 aliphatic heterocycles. The highest BCUT2D eigenvalue weighted by molar-refractivity contribution is 6.05. The summed E-state index contributed by atoms with van der Waals surface area (Å²) in [4.78, 5) is 34.5. The van der Waals surface area contributed by atoms with Crippen molar-refractivity contribution in [2.75, 3.05) is 17.7 Å². The van der Waals surface area contributed by atoms with Crippen LogP contribution in [0.3, 0.4) is 0 Å². The number of benzene rings is 2. The normalized spacial score (nSPS) is 13.0. The highest BCUT2D eigenvalue weighted by Crippen LogP contribution is 2.31. The van der Waals surface area contributed by atoms with Crippen molar-refractivity contribution in [1.82, 2.24) is 0 Å². The molecule has 0 radical (unpaired) electrons. The number of esters is 1. The van der Waals surface area contributed by atoms with Crippen molar-refractivity contribution in [3.8, 4) is 0 Å². The lowest BCUT2D eigenvalue weighted by atomic mass is 10.1. The standard InChI is InChI=1S/C18H17N3O5/c1-26-18(23)11-2-5-14(6-3-11)20-17(22)12-4-9-15(19-13-7-8-13)16(10-12)21(24)25/h2-6,9-10,13,19H,7-8H2,1H3,(H,20,22). The van der Waals surface area contributed by atoms with E-state index in [0.29, 0.717) is 16.9 Å². The molecule has 0 heterocycles. The minimum Gasteiger partial charge on any atom is -0.465 e. The maximum Gasteiger partial charge on any atom is 0.337 e. The summed E-state index contributed by atoms with van der Waals surface area (Å²) in [6, 6.07) is 10.8. The third-order valence-electron chi connectivity index (χ3n) is 3.96. The SMILES string of the molecule is COC(=O)c1ccc(NC(=O)c2ccc(NC3CC3)c([N+](=O)[O-])c2)cc1. The van der Waals surface area contributed by atoms with Gasteiger partial charge < -0.3 is 15.4 Å². The Hall–Kier alpha value is -3.42. The van der Waals surface area contributed by atoms with E-state index in [1.54, 1.807) is 18.2 Å². The molecular formula is C18H17N3O5. The van der Waals surface area contributed by atoms with Crippen LogP contribution in [0.25, 0.3) is 0 Å². The molecule has 0 unspecified atom stereocenters. The largest absolute Gasteiger partial charge is 0.465 e. The number of methoxy groups -OCH3 is 1. The molecule has 0 atom stereocenters. The summed E-state index contributed by atoms with van der Waals surface area (Å²) in [5, 5.41) is 17.0. The number of hydrogen-bond acceptors (Lipinski definition) is 6. The van der Waals surface area contributed by atoms with Gasteiger partial charge in [-0.15, -0.1) is 0 Å². The van der Waals surface area contributed by atoms with Crippen molar-refractivity contribution in [3.63, 3.8) is 0 Å². The first kappa shape index (κ1) is 17.4. The van der Waals surface area contributed by atoms with Gasteiger partial charge in [-0.25, -0.2) is 4.79 Å². The molecule has 2 aromatic rings. The number of rotatable bonds is 6. The molecule has 1 aliphatic rings. The van der Waals surface area contributed by atoms with Gasteiger partial charge in [-0.05, 0) is 49.2 Å². The van der Waals surface area contributed by atoms with Crippen LogP contribution in [0.1, 0.15) is 33.6 Å². The topological polar surface area (TPSA) is 111 Å². The second-order valence-electron chi connectivity index (χ2n) is 5.93. The first-order chi connectivity index (χ1) is 12.5. The average molecular weight is 355 g/mol. The van der Waals surface area contributed by atoms with Crippen molar-refractivity contribution in [2.45, 2.75) is 18.9 Å². The van der Waals surface area contributed by atoms with Gasteiger partial charge in [0.2, 0.25) is 0 Å². The summed E-state index contributed by atoms with van der Waals surface area (Å²) in [7, 11) is 1.28. The number of hydrogen-bond donors (Lipinski definition) is 2. The molecule has 1 aliphatic carbocycles. The second kappa shape index (κ2) is 7.22. The molecule has 8 heteroatoms. The van der Waals surface area contributed by atoms with E-state index in [1.165, 1.54) is 31.4 Å². The Kier molecular flexibility index (Phi) is 4.83. The van der Waals surface area contributed by atoms with E-state index in [-0.39, 0.29) is 17.3 Å². The number of ether oxygens (including phenoxy) is 1. The highest BCUT2D eigenvalue weighted by atomic mass is 16.6. The Bertz CT molecular complexity index is 860. The molecule has 0 spiro atoms. The van der Waals surface area contributed by atoms with Crippen molar-refractivity contribution >= 4 is 28.9 Å². The van der Waals surface area contributed by atoms with E-state index < -0.39 is 16.8 Å². The Balaban J connectivity index is 1.75. The van der Waals surface area contributed by atoms with Crippen LogP contribution in [0.15, 0.2) is 42.5 Å². The van der Waals surface area contributed by atoms with Gasteiger partial charge in [-0.2, -0.15) is 0 Å². The fourth-order valence-electron chi connectivity index (χ4n) is 2.40. The molecule has 1 fully saturated rings. The van der Waals surface area contributed by atoms with Gasteiger partial charge in [-0.3, -0.25) is 14.9 Å². The lowest BCUT2D eigenvalue weighted by molar-refractivity contribution is -0.384. The Morgan fingerprint density at radius 2 is 1.77 bits per heavy atom. The molecule has 0 bridgehead atoms. The molecule has 134 valence electrons. The minimum absolute atomic E-state index is 0.134. The summed E-state index contributed by atoms with van der Waals surface area (Å²) in [6.07, 6.45) is 1.97. The predicted molar refractivity (Wildman–Crippen MR) is 95.5 cm³/mol. The van der Waals surface area contributed by atoms with Crippen LogP contribution in [-0.4, -0.2) is 30.0 Å². The number of nitro groups is 1. The zero-order valence-electron chi connectivity index (χ0n) is 14.0. The lowest BCUT2D eigenvalue weighted by Crippen LogP contribution is -2.13. The fourth-order valence-corrected chi connectivity index (χ4v) is 2.40. The van der Waals surface area contributed by atoms with E-state index in [4.69, 9.17) is 0 Å². The number of carbonyl (C=O) groups excluding carboxylic acids is 2. The maximum absolute atomic E-state index is 12.4. The van der Waals surface area contributed by atoms with E-state index in [1.807, 2.05) is 0 Å². The molecule has 1 saturated carbocycles. The van der Waals surface area contributed by atoms with Crippen molar-refractivity contribution < 1.29 is 19.2 Å². The summed E-state index contributed by atoms with van der Waals surface area (Å²) in [6.45, 7) is 0. The number of nitro benzene ring substituents is 1. The first-order valence-electron chi connectivity index (χ1n) is 8.02. The first-order valence-corrected chi connectivity index (χ1v) is 8.02. The van der Waals surface area contributed by atoms with Crippen LogP contribution in [0.5, 0.6) is 0 Å². The van der Waals surface area contributed by atoms with Gasteiger partial charge in [-0.1, -0.05) is 0 Å². The van der Waals surface area contributed by atoms with Gasteiger partial charge in [0, 0.05) is 23.4 Å². The molecule has 2 aromatic carbocycles. The third kappa shape index (κ3) is 3.97. The number of anilines is 2. The van der Waals surface area contributed by atoms with E-state index in [9.17, 15) is 19.7 Å². The fraction of sp³-hybridized carbons (Fsp3) is 0.222. The Morgan fingerprint density at radius 1 is 1.12 bits per heavy atom. The summed E-state index contributed by atoms with van der Waals surface area (Å²) >= 11 is 0. The van der Waals surface area contributed by atoms with Gasteiger partial charge in [0.05, 0.1) is 17.6 Å². The molecule has 2 N–H and O–H groups in total. The quantitative estimate of drug-likeness (QED) is 0.468. The minimum atomic E-state index is -0.507. The molecule has 0 aromatic heterocycles. The molecular weight excluding hydrogens is 338 g/mol. The monoisotopic (exact) mass is 355 g/mol. The Morgan fingerprint density at radius 3 is 2.35 bits per heavy atom. The summed E-state index contributed by atoms with van der Waals surface area (Å²) in [5.74, 6) is -0.950. The van der Waals surface area contributed by atoms with Crippen LogP contribution in [0.2, 0.25) is 0 Å². The smallest absolute Gasteiger partial charge is 0.337 e. The van der Waals surface area contributed by atoms with Gasteiger partial charge >= 0.3 is 5.97 Å². The second-order valence-corrected chi connectivity index (χ2v) is 5.93. The highest BCUT2D eigenvalue weighted by Gasteiger charge is 2.25. The van der Waals surface area contributed by atoms with Crippen LogP contribution >= 0.6 is 0 Å². The van der Waals surface area contributed by atoms with Crippen LogP contribution in [0, 0.1) is 10.1 Å². The van der Waals surface area contributed by atoms with Crippen molar-refractivity contribution in [2.24, 2.45) is 0 Å². The van der Waals surface area contributed by atoms with E-state index in [2.05, 4.69) is 15.4 Å². The number of carbonyl (C=O) groups is 2. The lowest BCUT2D eigenvalue weighted by Gasteiger charge is -2.09. The van der Waals surface area contributed by atoms with Crippen LogP contribution < -0.4 is 10.6 Å². The maximum atomic E-state index is 12.4. The van der Waals surface area contributed by atoms with E-state index >= 15 is 0 Å².